The van der Waals surface area contributed by atoms with Crippen LogP contribution in [0.4, 0.5) is 5.69 Å². The van der Waals surface area contributed by atoms with Gasteiger partial charge in [-0.15, -0.1) is 0 Å². The lowest BCUT2D eigenvalue weighted by Crippen LogP contribution is -2.39. The fourth-order valence-electron chi connectivity index (χ4n) is 2.26. The number of likely N-dealkylation sites (N-methyl/N-ethyl adjacent to an activating group) is 1. The van der Waals surface area contributed by atoms with Crippen LogP contribution in [0.3, 0.4) is 0 Å². The number of carbonyl (C=O) groups excluding carboxylic acids is 1. The standard InChI is InChI=1S/C17H20ClN3O3S/c1-12(21(2)11-13-5-3-6-14(18)9-13)17(22)20-15-7-4-8-16(10-15)25(19,23)24/h3-10,12H,11H2,1-2H3,(H,20,22)(H2,19,23,24). The maximum atomic E-state index is 12.4. The van der Waals surface area contributed by atoms with E-state index < -0.39 is 16.1 Å². The minimum absolute atomic E-state index is 0.0507. The molecule has 6 nitrogen and oxygen atoms in total. The fraction of sp³-hybridized carbons (Fsp3) is 0.235. The molecule has 1 atom stereocenters. The highest BCUT2D eigenvalue weighted by Crippen LogP contribution is 2.16. The lowest BCUT2D eigenvalue weighted by molar-refractivity contribution is -0.120. The summed E-state index contributed by atoms with van der Waals surface area (Å²) >= 11 is 5.97. The van der Waals surface area contributed by atoms with Crippen LogP contribution in [-0.4, -0.2) is 32.3 Å². The van der Waals surface area contributed by atoms with Crippen molar-refractivity contribution in [2.24, 2.45) is 5.14 Å². The van der Waals surface area contributed by atoms with Gasteiger partial charge in [0.05, 0.1) is 10.9 Å². The second-order valence-electron chi connectivity index (χ2n) is 5.78. The summed E-state index contributed by atoms with van der Waals surface area (Å²) in [7, 11) is -1.99. The van der Waals surface area contributed by atoms with Crippen LogP contribution in [0.2, 0.25) is 5.02 Å². The summed E-state index contributed by atoms with van der Waals surface area (Å²) in [4.78, 5) is 14.2. The van der Waals surface area contributed by atoms with E-state index in [-0.39, 0.29) is 10.8 Å². The molecule has 0 radical (unpaired) electrons. The zero-order valence-corrected chi connectivity index (χ0v) is 15.5. The highest BCUT2D eigenvalue weighted by Gasteiger charge is 2.19. The molecule has 2 aromatic carbocycles. The van der Waals surface area contributed by atoms with Crippen LogP contribution in [0.25, 0.3) is 0 Å². The maximum absolute atomic E-state index is 12.4. The number of benzene rings is 2. The first-order valence-corrected chi connectivity index (χ1v) is 9.47. The van der Waals surface area contributed by atoms with Crippen molar-refractivity contribution in [2.45, 2.75) is 24.4 Å². The molecule has 2 aromatic rings. The Morgan fingerprint density at radius 2 is 1.92 bits per heavy atom. The molecule has 0 fully saturated rings. The number of sulfonamides is 1. The molecule has 8 heteroatoms. The Morgan fingerprint density at radius 1 is 1.24 bits per heavy atom. The molecular weight excluding hydrogens is 362 g/mol. The molecule has 0 aliphatic heterocycles. The van der Waals surface area contributed by atoms with Gasteiger partial charge >= 0.3 is 0 Å². The van der Waals surface area contributed by atoms with Crippen LogP contribution in [0.1, 0.15) is 12.5 Å². The lowest BCUT2D eigenvalue weighted by Gasteiger charge is -2.24. The summed E-state index contributed by atoms with van der Waals surface area (Å²) in [5.41, 5.74) is 1.37. The predicted octanol–water partition coefficient (Wildman–Crippen LogP) is 2.45. The van der Waals surface area contributed by atoms with Crippen molar-refractivity contribution in [2.75, 3.05) is 12.4 Å². The van der Waals surface area contributed by atoms with Gasteiger partial charge in [0, 0.05) is 17.3 Å². The van der Waals surface area contributed by atoms with Gasteiger partial charge < -0.3 is 5.32 Å². The first-order chi connectivity index (χ1) is 11.7. The zero-order valence-electron chi connectivity index (χ0n) is 13.9. The Kier molecular flexibility index (Phi) is 6.18. The Balaban J connectivity index is 2.05. The quantitative estimate of drug-likeness (QED) is 0.803. The van der Waals surface area contributed by atoms with Gasteiger partial charge in [-0.2, -0.15) is 0 Å². The summed E-state index contributed by atoms with van der Waals surface area (Å²) in [5, 5.41) is 8.45. The molecule has 0 heterocycles. The average molecular weight is 382 g/mol. The van der Waals surface area contributed by atoms with Crippen molar-refractivity contribution >= 4 is 33.2 Å². The highest BCUT2D eigenvalue weighted by molar-refractivity contribution is 7.89. The number of carbonyl (C=O) groups is 1. The van der Waals surface area contributed by atoms with E-state index >= 15 is 0 Å². The second kappa shape index (κ2) is 7.97. The SMILES string of the molecule is CC(C(=O)Nc1cccc(S(N)(=O)=O)c1)N(C)Cc1cccc(Cl)c1. The fourth-order valence-corrected chi connectivity index (χ4v) is 3.03. The van der Waals surface area contributed by atoms with Gasteiger partial charge in [-0.3, -0.25) is 9.69 Å². The van der Waals surface area contributed by atoms with E-state index in [2.05, 4.69) is 5.32 Å². The van der Waals surface area contributed by atoms with Gasteiger partial charge in [0.25, 0.3) is 0 Å². The minimum atomic E-state index is -3.82. The second-order valence-corrected chi connectivity index (χ2v) is 7.78. The van der Waals surface area contributed by atoms with Gasteiger partial charge in [-0.1, -0.05) is 29.8 Å². The van der Waals surface area contributed by atoms with Gasteiger partial charge in [-0.05, 0) is 49.9 Å². The van der Waals surface area contributed by atoms with E-state index in [0.717, 1.165) is 5.56 Å². The molecule has 0 aliphatic carbocycles. The van der Waals surface area contributed by atoms with Crippen LogP contribution < -0.4 is 10.5 Å². The minimum Gasteiger partial charge on any atom is -0.325 e. The smallest absolute Gasteiger partial charge is 0.241 e. The summed E-state index contributed by atoms with van der Waals surface area (Å²) in [6, 6.07) is 12.8. The Bertz CT molecular complexity index is 871. The normalized spacial score (nSPS) is 12.8. The van der Waals surface area contributed by atoms with Crippen LogP contribution in [-0.2, 0) is 21.4 Å². The topological polar surface area (TPSA) is 92.5 Å². The van der Waals surface area contributed by atoms with Crippen molar-refractivity contribution < 1.29 is 13.2 Å². The molecule has 0 spiro atoms. The lowest BCUT2D eigenvalue weighted by atomic mass is 10.2. The van der Waals surface area contributed by atoms with E-state index in [1.54, 1.807) is 19.1 Å². The van der Waals surface area contributed by atoms with Gasteiger partial charge in [0.2, 0.25) is 15.9 Å². The largest absolute Gasteiger partial charge is 0.325 e. The molecule has 2 rings (SSSR count). The molecule has 1 amide bonds. The molecule has 0 saturated carbocycles. The highest BCUT2D eigenvalue weighted by atomic mass is 35.5. The number of amides is 1. The van der Waals surface area contributed by atoms with Crippen LogP contribution >= 0.6 is 11.6 Å². The third kappa shape index (κ3) is 5.54. The average Bonchev–Trinajstić information content (AvgIpc) is 2.53. The number of anilines is 1. The Labute approximate surface area is 152 Å². The number of hydrogen-bond donors (Lipinski definition) is 2. The van der Waals surface area contributed by atoms with Crippen molar-refractivity contribution in [3.05, 3.63) is 59.1 Å². The first kappa shape index (κ1) is 19.4. The monoisotopic (exact) mass is 381 g/mol. The van der Waals surface area contributed by atoms with Crippen LogP contribution in [0, 0.1) is 0 Å². The van der Waals surface area contributed by atoms with E-state index in [1.807, 2.05) is 30.1 Å². The summed E-state index contributed by atoms with van der Waals surface area (Å²) < 4.78 is 22.8. The van der Waals surface area contributed by atoms with Crippen molar-refractivity contribution in [3.8, 4) is 0 Å². The number of nitrogens with one attached hydrogen (secondary N) is 1. The summed E-state index contributed by atoms with van der Waals surface area (Å²) in [6.45, 7) is 2.32. The van der Waals surface area contributed by atoms with E-state index in [1.165, 1.54) is 18.2 Å². The Morgan fingerprint density at radius 3 is 2.56 bits per heavy atom. The predicted molar refractivity (Wildman–Crippen MR) is 98.8 cm³/mol. The van der Waals surface area contributed by atoms with E-state index in [9.17, 15) is 13.2 Å². The molecule has 0 aromatic heterocycles. The molecule has 0 bridgehead atoms. The van der Waals surface area contributed by atoms with Crippen molar-refractivity contribution in [1.82, 2.24) is 4.90 Å². The molecule has 3 N–H and O–H groups in total. The molecule has 25 heavy (non-hydrogen) atoms. The Hall–Kier alpha value is -1.93. The van der Waals surface area contributed by atoms with E-state index in [4.69, 9.17) is 16.7 Å². The maximum Gasteiger partial charge on any atom is 0.241 e. The summed E-state index contributed by atoms with van der Waals surface area (Å²) in [6.07, 6.45) is 0. The number of hydrogen-bond acceptors (Lipinski definition) is 4. The number of nitrogens with zero attached hydrogens (tertiary/aromatic N) is 1. The first-order valence-electron chi connectivity index (χ1n) is 7.55. The van der Waals surface area contributed by atoms with E-state index in [0.29, 0.717) is 17.3 Å². The third-order valence-electron chi connectivity index (χ3n) is 3.79. The third-order valence-corrected chi connectivity index (χ3v) is 4.94. The number of rotatable bonds is 6. The molecule has 0 aliphatic rings. The van der Waals surface area contributed by atoms with Gasteiger partial charge in [0.15, 0.2) is 0 Å². The molecule has 1 unspecified atom stereocenters. The number of primary sulfonamides is 1. The molecular formula is C17H20ClN3O3S. The molecule has 0 saturated heterocycles. The van der Waals surface area contributed by atoms with Crippen molar-refractivity contribution in [1.29, 1.82) is 0 Å². The zero-order chi connectivity index (χ0) is 18.6. The van der Waals surface area contributed by atoms with Crippen LogP contribution in [0.15, 0.2) is 53.4 Å². The van der Waals surface area contributed by atoms with Crippen molar-refractivity contribution in [3.63, 3.8) is 0 Å². The summed E-state index contributed by atoms with van der Waals surface area (Å²) in [5.74, 6) is -0.254. The van der Waals surface area contributed by atoms with Gasteiger partial charge in [-0.25, -0.2) is 13.6 Å². The number of nitrogens with two attached hydrogens (primary N) is 1. The van der Waals surface area contributed by atoms with Gasteiger partial charge in [0.1, 0.15) is 0 Å². The molecule has 134 valence electrons. The number of halogens is 1. The van der Waals surface area contributed by atoms with Crippen LogP contribution in [0.5, 0.6) is 0 Å².